The van der Waals surface area contributed by atoms with Crippen LogP contribution >= 0.6 is 0 Å². The minimum atomic E-state index is -2.20. The van der Waals surface area contributed by atoms with Crippen molar-refractivity contribution in [2.24, 2.45) is 5.92 Å². The van der Waals surface area contributed by atoms with E-state index in [1.54, 1.807) is 0 Å². The van der Waals surface area contributed by atoms with Gasteiger partial charge < -0.3 is 20.4 Å². The average Bonchev–Trinajstić information content (AvgIpc) is 1.97. The first kappa shape index (κ1) is 15.8. The standard InChI is InChI=1S/C6H8O7.Na/c7-3(8)1-2(5(10)11)4(9)6(12)13;/h2,4,9H,1H2,(H,7,8)(H,10,11)(H,12,13);. The van der Waals surface area contributed by atoms with Gasteiger partial charge in [0.1, 0.15) is 5.92 Å². The molecule has 2 atom stereocenters. The van der Waals surface area contributed by atoms with Crippen LogP contribution in [0.1, 0.15) is 6.42 Å². The topological polar surface area (TPSA) is 132 Å². The van der Waals surface area contributed by atoms with Crippen LogP contribution in [-0.4, -0.2) is 74.0 Å². The molecule has 0 aliphatic rings. The van der Waals surface area contributed by atoms with Crippen LogP contribution in [0.2, 0.25) is 0 Å². The Morgan fingerprint density at radius 1 is 1.00 bits per heavy atom. The molecule has 4 N–H and O–H groups in total. The van der Waals surface area contributed by atoms with E-state index in [0.717, 1.165) is 0 Å². The normalized spacial score (nSPS) is 13.5. The minimum absolute atomic E-state index is 0. The zero-order chi connectivity index (χ0) is 10.6. The monoisotopic (exact) mass is 215 g/mol. The van der Waals surface area contributed by atoms with E-state index in [1.165, 1.54) is 0 Å². The van der Waals surface area contributed by atoms with Crippen LogP contribution < -0.4 is 0 Å². The molecular weight excluding hydrogens is 207 g/mol. The number of carboxylic acid groups (broad SMARTS) is 3. The second-order valence-electron chi connectivity index (χ2n) is 2.33. The minimum Gasteiger partial charge on any atom is -0.481 e. The van der Waals surface area contributed by atoms with Crippen LogP contribution in [0.3, 0.4) is 0 Å². The Hall–Kier alpha value is -0.630. The third-order valence-corrected chi connectivity index (χ3v) is 1.35. The number of rotatable bonds is 5. The van der Waals surface area contributed by atoms with Crippen molar-refractivity contribution in [2.45, 2.75) is 12.5 Å². The number of hydrogen-bond acceptors (Lipinski definition) is 4. The molecule has 0 heterocycles. The van der Waals surface area contributed by atoms with E-state index >= 15 is 0 Å². The summed E-state index contributed by atoms with van der Waals surface area (Å²) in [6.07, 6.45) is -3.13. The molecular formula is C6H8NaO7. The maximum Gasteiger partial charge on any atom is 0.333 e. The largest absolute Gasteiger partial charge is 0.481 e. The fraction of sp³-hybridized carbons (Fsp3) is 0.500. The Labute approximate surface area is 101 Å². The summed E-state index contributed by atoms with van der Waals surface area (Å²) >= 11 is 0. The van der Waals surface area contributed by atoms with E-state index in [-0.39, 0.29) is 29.6 Å². The Balaban J connectivity index is 0. The maximum absolute atomic E-state index is 10.3. The van der Waals surface area contributed by atoms with Gasteiger partial charge in [0.05, 0.1) is 6.42 Å². The van der Waals surface area contributed by atoms with Crippen LogP contribution in [0.15, 0.2) is 0 Å². The second-order valence-corrected chi connectivity index (χ2v) is 2.33. The third-order valence-electron chi connectivity index (χ3n) is 1.35. The first-order valence-electron chi connectivity index (χ1n) is 3.21. The zero-order valence-corrected chi connectivity index (χ0v) is 9.38. The first-order valence-corrected chi connectivity index (χ1v) is 3.21. The fourth-order valence-corrected chi connectivity index (χ4v) is 0.694. The molecule has 1 radical (unpaired) electrons. The molecule has 0 bridgehead atoms. The zero-order valence-electron chi connectivity index (χ0n) is 7.38. The molecule has 0 saturated carbocycles. The summed E-state index contributed by atoms with van der Waals surface area (Å²) in [5.74, 6) is -6.71. The van der Waals surface area contributed by atoms with E-state index in [9.17, 15) is 14.4 Å². The third kappa shape index (κ3) is 5.18. The van der Waals surface area contributed by atoms with Crippen molar-refractivity contribution in [1.29, 1.82) is 0 Å². The number of aliphatic carboxylic acids is 3. The SMILES string of the molecule is O=C(O)CC(C(=O)O)C(O)C(=O)O.[Na]. The van der Waals surface area contributed by atoms with E-state index in [2.05, 4.69) is 0 Å². The van der Waals surface area contributed by atoms with Gasteiger partial charge >= 0.3 is 17.9 Å². The van der Waals surface area contributed by atoms with E-state index in [1.807, 2.05) is 0 Å². The number of carbonyl (C=O) groups is 3. The predicted octanol–water partition coefficient (Wildman–Crippen LogP) is -1.77. The smallest absolute Gasteiger partial charge is 0.333 e. The summed E-state index contributed by atoms with van der Waals surface area (Å²) in [7, 11) is 0. The molecule has 8 heteroatoms. The van der Waals surface area contributed by atoms with Crippen molar-refractivity contribution < 1.29 is 34.8 Å². The van der Waals surface area contributed by atoms with Crippen molar-refractivity contribution in [1.82, 2.24) is 0 Å². The summed E-state index contributed by atoms with van der Waals surface area (Å²) in [6.45, 7) is 0. The summed E-state index contributed by atoms with van der Waals surface area (Å²) in [6, 6.07) is 0. The van der Waals surface area contributed by atoms with E-state index in [4.69, 9.17) is 20.4 Å². The maximum atomic E-state index is 10.3. The Bertz CT molecular complexity index is 238. The summed E-state index contributed by atoms with van der Waals surface area (Å²) in [4.78, 5) is 30.5. The molecule has 0 rings (SSSR count). The number of carboxylic acids is 3. The molecule has 2 unspecified atom stereocenters. The van der Waals surface area contributed by atoms with Crippen molar-refractivity contribution in [3.8, 4) is 0 Å². The Morgan fingerprint density at radius 2 is 1.43 bits per heavy atom. The van der Waals surface area contributed by atoms with Crippen molar-refractivity contribution in [3.05, 3.63) is 0 Å². The van der Waals surface area contributed by atoms with Gasteiger partial charge in [0.25, 0.3) is 0 Å². The van der Waals surface area contributed by atoms with Gasteiger partial charge in [-0.2, -0.15) is 0 Å². The van der Waals surface area contributed by atoms with Crippen molar-refractivity contribution >= 4 is 47.5 Å². The molecule has 0 amide bonds. The van der Waals surface area contributed by atoms with Crippen LogP contribution in [0.4, 0.5) is 0 Å². The molecule has 0 aliphatic heterocycles. The van der Waals surface area contributed by atoms with Gasteiger partial charge in [0.15, 0.2) is 6.10 Å². The molecule has 7 nitrogen and oxygen atoms in total. The number of aliphatic hydroxyl groups is 1. The fourth-order valence-electron chi connectivity index (χ4n) is 0.694. The summed E-state index contributed by atoms with van der Waals surface area (Å²) < 4.78 is 0. The van der Waals surface area contributed by atoms with Gasteiger partial charge in [-0.15, -0.1) is 0 Å². The van der Waals surface area contributed by atoms with E-state index < -0.39 is 36.4 Å². The molecule has 0 fully saturated rings. The summed E-state index contributed by atoms with van der Waals surface area (Å²) in [5, 5.41) is 33.5. The Morgan fingerprint density at radius 3 is 1.64 bits per heavy atom. The van der Waals surface area contributed by atoms with Gasteiger partial charge in [-0.3, -0.25) is 9.59 Å². The van der Waals surface area contributed by atoms with Gasteiger partial charge in [-0.05, 0) is 0 Å². The molecule has 0 spiro atoms. The number of hydrogen-bond donors (Lipinski definition) is 4. The van der Waals surface area contributed by atoms with Gasteiger partial charge in [-0.1, -0.05) is 0 Å². The molecule has 75 valence electrons. The Kier molecular flexibility index (Phi) is 7.65. The molecule has 0 saturated heterocycles. The van der Waals surface area contributed by atoms with Gasteiger partial charge in [0.2, 0.25) is 0 Å². The quantitative estimate of drug-likeness (QED) is 0.399. The van der Waals surface area contributed by atoms with Crippen molar-refractivity contribution in [2.75, 3.05) is 0 Å². The summed E-state index contributed by atoms with van der Waals surface area (Å²) in [5.41, 5.74) is 0. The molecule has 0 aromatic heterocycles. The first-order chi connectivity index (χ1) is 5.86. The van der Waals surface area contributed by atoms with Crippen LogP contribution in [0, 0.1) is 5.92 Å². The predicted molar refractivity (Wildman–Crippen MR) is 42.8 cm³/mol. The van der Waals surface area contributed by atoms with Crippen LogP contribution in [0.25, 0.3) is 0 Å². The molecule has 0 aliphatic carbocycles. The molecule has 14 heavy (non-hydrogen) atoms. The molecule has 0 aromatic carbocycles. The second kappa shape index (κ2) is 6.77. The van der Waals surface area contributed by atoms with Crippen molar-refractivity contribution in [3.63, 3.8) is 0 Å². The van der Waals surface area contributed by atoms with Crippen LogP contribution in [0.5, 0.6) is 0 Å². The molecule has 0 aromatic rings. The average molecular weight is 215 g/mol. The number of aliphatic hydroxyl groups excluding tert-OH is 1. The van der Waals surface area contributed by atoms with E-state index in [0.29, 0.717) is 0 Å². The van der Waals surface area contributed by atoms with Crippen LogP contribution in [-0.2, 0) is 14.4 Å². The van der Waals surface area contributed by atoms with Gasteiger partial charge in [-0.25, -0.2) is 4.79 Å². The van der Waals surface area contributed by atoms with Gasteiger partial charge in [0, 0.05) is 29.6 Å².